The van der Waals surface area contributed by atoms with Gasteiger partial charge in [-0.05, 0) is 56.2 Å². The Kier molecular flexibility index (Phi) is 7.59. The summed E-state index contributed by atoms with van der Waals surface area (Å²) in [6, 6.07) is 20.7. The van der Waals surface area contributed by atoms with E-state index >= 15 is 0 Å². The number of anilines is 1. The van der Waals surface area contributed by atoms with Crippen molar-refractivity contribution >= 4 is 33.2 Å². The first kappa shape index (κ1) is 23.8. The van der Waals surface area contributed by atoms with Crippen molar-refractivity contribution in [1.29, 1.82) is 0 Å². The van der Waals surface area contributed by atoms with Crippen molar-refractivity contribution in [2.75, 3.05) is 10.8 Å². The van der Waals surface area contributed by atoms with Crippen molar-refractivity contribution in [3.05, 3.63) is 94.5 Å². The number of carbonyl (C=O) groups excluding carboxylic acids is 1. The molecule has 0 bridgehead atoms. The number of nitrogens with zero attached hydrogens (tertiary/aromatic N) is 1. The maximum atomic E-state index is 13.5. The topological polar surface area (TPSA) is 66.5 Å². The Morgan fingerprint density at radius 2 is 1.56 bits per heavy atom. The lowest BCUT2D eigenvalue weighted by Crippen LogP contribution is -2.42. The van der Waals surface area contributed by atoms with Gasteiger partial charge in [-0.15, -0.1) is 0 Å². The fourth-order valence-electron chi connectivity index (χ4n) is 3.37. The van der Waals surface area contributed by atoms with Gasteiger partial charge in [0.2, 0.25) is 5.91 Å². The third-order valence-corrected chi connectivity index (χ3v) is 7.24. The number of benzene rings is 3. The predicted octanol–water partition coefficient (Wildman–Crippen LogP) is 5.42. The zero-order valence-corrected chi connectivity index (χ0v) is 20.0. The van der Waals surface area contributed by atoms with E-state index in [1.807, 2.05) is 45.0 Å². The summed E-state index contributed by atoms with van der Waals surface area (Å²) in [5, 5.41) is 3.36. The maximum Gasteiger partial charge on any atom is 0.264 e. The molecular weight excluding hydrogens is 444 g/mol. The number of rotatable bonds is 8. The van der Waals surface area contributed by atoms with E-state index in [-0.39, 0.29) is 17.5 Å². The third kappa shape index (κ3) is 5.69. The van der Waals surface area contributed by atoms with Crippen LogP contribution in [0.2, 0.25) is 5.02 Å². The molecule has 0 fully saturated rings. The first-order valence-electron chi connectivity index (χ1n) is 10.4. The van der Waals surface area contributed by atoms with Crippen LogP contribution in [-0.4, -0.2) is 20.9 Å². The molecule has 7 heteroatoms. The van der Waals surface area contributed by atoms with Gasteiger partial charge in [0.15, 0.2) is 0 Å². The lowest BCUT2D eigenvalue weighted by Gasteiger charge is -2.26. The Hall–Kier alpha value is -2.83. The molecule has 0 spiro atoms. The van der Waals surface area contributed by atoms with E-state index in [1.165, 1.54) is 6.07 Å². The minimum absolute atomic E-state index is 0.112. The molecule has 0 radical (unpaired) electrons. The number of hydrogen-bond acceptors (Lipinski definition) is 3. The number of hydrogen-bond donors (Lipinski definition) is 1. The van der Waals surface area contributed by atoms with Crippen LogP contribution in [-0.2, 0) is 14.8 Å². The summed E-state index contributed by atoms with van der Waals surface area (Å²) in [7, 11) is -3.98. The molecule has 0 unspecified atom stereocenters. The molecular formula is C25H27ClN2O3S. The summed E-state index contributed by atoms with van der Waals surface area (Å²) in [6.45, 7) is 5.50. The summed E-state index contributed by atoms with van der Waals surface area (Å²) in [5.74, 6) is -0.395. The molecule has 1 amide bonds. The lowest BCUT2D eigenvalue weighted by atomic mass is 10.0. The summed E-state index contributed by atoms with van der Waals surface area (Å²) < 4.78 is 28.0. The zero-order valence-electron chi connectivity index (χ0n) is 18.4. The minimum atomic E-state index is -3.98. The van der Waals surface area contributed by atoms with Crippen molar-refractivity contribution in [2.45, 2.75) is 38.1 Å². The van der Waals surface area contributed by atoms with Gasteiger partial charge in [0.1, 0.15) is 6.54 Å². The molecule has 0 aliphatic heterocycles. The van der Waals surface area contributed by atoms with Gasteiger partial charge in [-0.3, -0.25) is 9.10 Å². The van der Waals surface area contributed by atoms with Gasteiger partial charge in [-0.25, -0.2) is 8.42 Å². The van der Waals surface area contributed by atoms with Gasteiger partial charge in [0.05, 0.1) is 16.6 Å². The van der Waals surface area contributed by atoms with Gasteiger partial charge in [0.25, 0.3) is 10.0 Å². The summed E-state index contributed by atoms with van der Waals surface area (Å²) in [6.07, 6.45) is 0.677. The van der Waals surface area contributed by atoms with Crippen LogP contribution in [0.25, 0.3) is 0 Å². The van der Waals surface area contributed by atoms with Crippen LogP contribution in [0.4, 0.5) is 5.69 Å². The van der Waals surface area contributed by atoms with Crippen LogP contribution in [0, 0.1) is 13.8 Å². The summed E-state index contributed by atoms with van der Waals surface area (Å²) in [4.78, 5) is 13.1. The first-order valence-corrected chi connectivity index (χ1v) is 12.2. The highest BCUT2D eigenvalue weighted by molar-refractivity contribution is 7.92. The van der Waals surface area contributed by atoms with Gasteiger partial charge in [-0.2, -0.15) is 0 Å². The van der Waals surface area contributed by atoms with Crippen LogP contribution < -0.4 is 9.62 Å². The normalized spacial score (nSPS) is 12.2. The number of aryl methyl sites for hydroxylation is 2. The van der Waals surface area contributed by atoms with Gasteiger partial charge in [-0.1, -0.05) is 72.1 Å². The molecule has 0 heterocycles. The molecule has 0 saturated carbocycles. The Morgan fingerprint density at radius 3 is 2.12 bits per heavy atom. The monoisotopic (exact) mass is 470 g/mol. The predicted molar refractivity (Wildman–Crippen MR) is 130 cm³/mol. The Balaban J connectivity index is 1.91. The first-order chi connectivity index (χ1) is 15.2. The zero-order chi connectivity index (χ0) is 23.3. The standard InChI is InChI=1S/C25H27ClN2O3S/c1-4-24(20-12-8-18(2)9-13-20)27-25(29)17-28(22-7-5-6-21(26)16-22)32(30,31)23-14-10-19(3)11-15-23/h5-16,24H,4,17H2,1-3H3,(H,27,29)/t24-/m0/s1. The van der Waals surface area contributed by atoms with E-state index in [2.05, 4.69) is 5.32 Å². The largest absolute Gasteiger partial charge is 0.348 e. The van der Waals surface area contributed by atoms with E-state index in [1.54, 1.807) is 42.5 Å². The second kappa shape index (κ2) is 10.2. The van der Waals surface area contributed by atoms with Gasteiger partial charge >= 0.3 is 0 Å². The molecule has 3 rings (SSSR count). The van der Waals surface area contributed by atoms with Crippen LogP contribution in [0.3, 0.4) is 0 Å². The molecule has 0 aliphatic rings. The van der Waals surface area contributed by atoms with Crippen molar-refractivity contribution in [2.24, 2.45) is 0 Å². The fourth-order valence-corrected chi connectivity index (χ4v) is 4.97. The third-order valence-electron chi connectivity index (χ3n) is 5.22. The quantitative estimate of drug-likeness (QED) is 0.478. The van der Waals surface area contributed by atoms with E-state index < -0.39 is 15.9 Å². The number of halogens is 1. The van der Waals surface area contributed by atoms with E-state index in [9.17, 15) is 13.2 Å². The van der Waals surface area contributed by atoms with Crippen LogP contribution in [0.1, 0.15) is 36.1 Å². The van der Waals surface area contributed by atoms with Gasteiger partial charge in [0, 0.05) is 5.02 Å². The van der Waals surface area contributed by atoms with Crippen LogP contribution in [0.15, 0.2) is 77.7 Å². The van der Waals surface area contributed by atoms with Crippen LogP contribution >= 0.6 is 11.6 Å². The smallest absolute Gasteiger partial charge is 0.264 e. The Labute approximate surface area is 195 Å². The number of carbonyl (C=O) groups is 1. The molecule has 0 aromatic heterocycles. The molecule has 168 valence electrons. The Bertz CT molecular complexity index is 1180. The highest BCUT2D eigenvalue weighted by atomic mass is 35.5. The number of nitrogens with one attached hydrogen (secondary N) is 1. The second-order valence-corrected chi connectivity index (χ2v) is 10.0. The van der Waals surface area contributed by atoms with Gasteiger partial charge < -0.3 is 5.32 Å². The molecule has 3 aromatic carbocycles. The summed E-state index contributed by atoms with van der Waals surface area (Å²) >= 11 is 6.12. The molecule has 1 atom stereocenters. The lowest BCUT2D eigenvalue weighted by molar-refractivity contribution is -0.120. The molecule has 5 nitrogen and oxygen atoms in total. The van der Waals surface area contributed by atoms with Crippen molar-refractivity contribution in [1.82, 2.24) is 5.32 Å². The second-order valence-electron chi connectivity index (χ2n) is 7.74. The number of amides is 1. The molecule has 0 saturated heterocycles. The van der Waals surface area contributed by atoms with Crippen LogP contribution in [0.5, 0.6) is 0 Å². The van der Waals surface area contributed by atoms with E-state index in [0.717, 1.165) is 21.0 Å². The number of sulfonamides is 1. The summed E-state index contributed by atoms with van der Waals surface area (Å²) in [5.41, 5.74) is 3.38. The fraction of sp³-hybridized carbons (Fsp3) is 0.240. The SMILES string of the molecule is CC[C@H](NC(=O)CN(c1cccc(Cl)c1)S(=O)(=O)c1ccc(C)cc1)c1ccc(C)cc1. The van der Waals surface area contributed by atoms with Crippen molar-refractivity contribution in [3.63, 3.8) is 0 Å². The average Bonchev–Trinajstić information content (AvgIpc) is 2.76. The molecule has 32 heavy (non-hydrogen) atoms. The molecule has 3 aromatic rings. The molecule has 0 aliphatic carbocycles. The highest BCUT2D eigenvalue weighted by Crippen LogP contribution is 2.26. The minimum Gasteiger partial charge on any atom is -0.348 e. The van der Waals surface area contributed by atoms with E-state index in [4.69, 9.17) is 11.6 Å². The Morgan fingerprint density at radius 1 is 0.969 bits per heavy atom. The van der Waals surface area contributed by atoms with Crippen molar-refractivity contribution < 1.29 is 13.2 Å². The van der Waals surface area contributed by atoms with E-state index in [0.29, 0.717) is 17.1 Å². The molecule has 1 N–H and O–H groups in total. The maximum absolute atomic E-state index is 13.5. The van der Waals surface area contributed by atoms with Crippen molar-refractivity contribution in [3.8, 4) is 0 Å². The average molecular weight is 471 g/mol. The highest BCUT2D eigenvalue weighted by Gasteiger charge is 2.28.